The predicted octanol–water partition coefficient (Wildman–Crippen LogP) is 16.6. The van der Waals surface area contributed by atoms with E-state index in [1.165, 1.54) is 0 Å². The van der Waals surface area contributed by atoms with E-state index in [0.29, 0.717) is 50.2 Å². The lowest BCUT2D eigenvalue weighted by molar-refractivity contribution is 0.225. The minimum absolute atomic E-state index is 0.0745. The molecule has 0 aliphatic carbocycles. The zero-order valence-corrected chi connectivity index (χ0v) is 39.0. The van der Waals surface area contributed by atoms with Crippen LogP contribution in [0.25, 0.3) is 72.7 Å². The Morgan fingerprint density at radius 1 is 0.641 bits per heavy atom. The normalized spacial score (nSPS) is 15.7. The first-order chi connectivity index (χ1) is 35.0. The molecule has 326 valence electrons. The molecule has 0 bridgehead atoms. The van der Waals surface area contributed by atoms with Crippen molar-refractivity contribution in [1.82, 2.24) is 14.5 Å². The Morgan fingerprint density at radius 2 is 1.36 bits per heavy atom. The molecule has 0 amide bonds. The summed E-state index contributed by atoms with van der Waals surface area (Å²) in [6.45, 7) is 21.2. The highest BCUT2D eigenvalue weighted by Gasteiger charge is 2.35. The van der Waals surface area contributed by atoms with Crippen LogP contribution in [0.15, 0.2) is 139 Å². The van der Waals surface area contributed by atoms with Crippen LogP contribution in [0.1, 0.15) is 139 Å². The summed E-state index contributed by atoms with van der Waals surface area (Å²) in [5, 5.41) is 12.5. The van der Waals surface area contributed by atoms with Crippen molar-refractivity contribution in [1.29, 1.82) is 0 Å². The zero-order valence-electron chi connectivity index (χ0n) is 51.0. The van der Waals surface area contributed by atoms with E-state index in [1.54, 1.807) is 45.9 Å². The number of phenols is 1. The van der Waals surface area contributed by atoms with Gasteiger partial charge in [-0.25, -0.2) is 4.98 Å². The van der Waals surface area contributed by atoms with Crippen molar-refractivity contribution in [2.24, 2.45) is 5.41 Å². The number of fused-ring (bicyclic) bond motifs is 1. The third-order valence-electron chi connectivity index (χ3n) is 12.9. The smallest absolute Gasteiger partial charge is 0.149 e. The fourth-order valence-corrected chi connectivity index (χ4v) is 8.00. The summed E-state index contributed by atoms with van der Waals surface area (Å²) in [5.41, 5.74) is 5.90. The van der Waals surface area contributed by atoms with Crippen LogP contribution in [0.2, 0.25) is 0 Å². The topological polar surface area (TPSA) is 50.9 Å². The molecular weight excluding hydrogens is 779 g/mol. The van der Waals surface area contributed by atoms with Crippen LogP contribution in [0, 0.1) is 12.3 Å². The lowest BCUT2D eigenvalue weighted by Gasteiger charge is -2.40. The molecule has 1 N–H and O–H groups in total. The largest absolute Gasteiger partial charge is 0.507 e. The van der Waals surface area contributed by atoms with Crippen molar-refractivity contribution < 1.29 is 21.6 Å². The van der Waals surface area contributed by atoms with Gasteiger partial charge in [-0.2, -0.15) is 0 Å². The van der Waals surface area contributed by atoms with Crippen LogP contribution in [0.4, 0.5) is 0 Å². The highest BCUT2D eigenvalue weighted by molar-refractivity contribution is 5.98. The number of imidazole rings is 1. The molecule has 4 nitrogen and oxygen atoms in total. The molecular formula is C60H65N3O. The van der Waals surface area contributed by atoms with E-state index in [4.69, 9.17) is 17.3 Å². The molecule has 2 heterocycles. The second-order valence-corrected chi connectivity index (χ2v) is 19.8. The zero-order chi connectivity index (χ0) is 56.3. The molecule has 0 unspecified atom stereocenters. The Morgan fingerprint density at radius 3 is 2.02 bits per heavy atom. The Labute approximate surface area is 399 Å². The van der Waals surface area contributed by atoms with Gasteiger partial charge in [0.25, 0.3) is 0 Å². The number of hydrogen-bond acceptors (Lipinski definition) is 3. The van der Waals surface area contributed by atoms with E-state index in [9.17, 15) is 9.22 Å². The number of pyridine rings is 1. The maximum absolute atomic E-state index is 12.5. The molecule has 8 aromatic rings. The van der Waals surface area contributed by atoms with E-state index >= 15 is 0 Å². The molecule has 0 spiro atoms. The number of benzene rings is 6. The standard InChI is InChI=1S/C60H65N3O/c1-37(2)43-33-49(38(3)4)56(64)51(34-43)57-62-55-48(44-30-45(32-47(31-44)58(6,7)8)52-35-42(28-29-61-52)40-24-22-39(5)23-25-40)20-17-21-54(55)63(57)53-27-26-46(60(12,13)59(9,10)11)36-50(53)41-18-15-14-16-19-41/h14-38,64H,1-13H3/i5D3,22D,23D,24D,25D,28D,29D,35D,37D,38D. The predicted molar refractivity (Wildman–Crippen MR) is 272 cm³/mol. The average Bonchev–Trinajstić information content (AvgIpc) is 3.71. The fourth-order valence-electron chi connectivity index (χ4n) is 8.00. The van der Waals surface area contributed by atoms with Crippen molar-refractivity contribution >= 4 is 11.0 Å². The Bertz CT molecular complexity index is 3600. The summed E-state index contributed by atoms with van der Waals surface area (Å²) in [5.74, 6) is -2.19. The molecule has 2 aromatic heterocycles. The molecule has 0 saturated carbocycles. The number of aromatic hydroxyl groups is 1. The van der Waals surface area contributed by atoms with E-state index in [-0.39, 0.29) is 22.3 Å². The summed E-state index contributed by atoms with van der Waals surface area (Å²) in [4.78, 5) is 9.95. The van der Waals surface area contributed by atoms with Gasteiger partial charge < -0.3 is 5.11 Å². The quantitative estimate of drug-likeness (QED) is 0.157. The fraction of sp³-hybridized carbons (Fsp3) is 0.300. The van der Waals surface area contributed by atoms with Gasteiger partial charge in [0.15, 0.2) is 0 Å². The van der Waals surface area contributed by atoms with Crippen LogP contribution in [-0.4, -0.2) is 19.6 Å². The number of nitrogens with zero attached hydrogens (tertiary/aromatic N) is 3. The van der Waals surface area contributed by atoms with Gasteiger partial charge in [-0.05, 0) is 128 Å². The molecule has 0 fully saturated rings. The molecule has 8 rings (SSSR count). The molecule has 0 saturated heterocycles. The van der Waals surface area contributed by atoms with Gasteiger partial charge in [0.1, 0.15) is 11.6 Å². The summed E-state index contributed by atoms with van der Waals surface area (Å²) in [6.07, 6.45) is -0.592. The van der Waals surface area contributed by atoms with Crippen LogP contribution in [-0.2, 0) is 10.8 Å². The highest BCUT2D eigenvalue weighted by atomic mass is 16.3. The lowest BCUT2D eigenvalue weighted by atomic mass is 9.65. The van der Waals surface area contributed by atoms with Crippen molar-refractivity contribution in [2.75, 3.05) is 0 Å². The third-order valence-corrected chi connectivity index (χ3v) is 12.9. The van der Waals surface area contributed by atoms with Crippen LogP contribution >= 0.6 is 0 Å². The lowest BCUT2D eigenvalue weighted by Crippen LogP contribution is -2.34. The number of hydrogen-bond donors (Lipinski definition) is 1. The van der Waals surface area contributed by atoms with E-state index < -0.39 is 83.2 Å². The van der Waals surface area contributed by atoms with Crippen LogP contribution in [0.5, 0.6) is 5.75 Å². The molecule has 64 heavy (non-hydrogen) atoms. The summed E-state index contributed by atoms with van der Waals surface area (Å²) in [6, 6.07) is 27.3. The first-order valence-corrected chi connectivity index (χ1v) is 21.8. The molecule has 0 radical (unpaired) electrons. The maximum Gasteiger partial charge on any atom is 0.149 e. The third kappa shape index (κ3) is 8.31. The van der Waals surface area contributed by atoms with Gasteiger partial charge in [0.05, 0.1) is 37.6 Å². The SMILES string of the molecule is [2H]c1nc(-c2cc(-c3cccc4c3nc(-c3cc(C([2H])(C)C)cc(C([2H])(C)C)c3O)n4-c3ccc(C(C)(C)C(C)(C)C)cc3-c3ccccc3)cc(C(C)(C)C)c2)c([2H])c(-c2c([2H])c([2H])c(C([2H])([2H])[2H])c([2H])c2[2H])c1[2H]. The van der Waals surface area contributed by atoms with Crippen molar-refractivity contribution in [3.05, 3.63) is 167 Å². The average molecular weight is 856 g/mol. The summed E-state index contributed by atoms with van der Waals surface area (Å²) < 4.78 is 107. The number of para-hydroxylation sites is 1. The van der Waals surface area contributed by atoms with E-state index in [1.807, 2.05) is 73.9 Å². The number of phenolic OH excluding ortho intramolecular Hbond substituents is 1. The van der Waals surface area contributed by atoms with Crippen LogP contribution < -0.4 is 0 Å². The Hall–Kier alpha value is -6.26. The number of rotatable bonds is 9. The first kappa shape index (κ1) is 31.6. The van der Waals surface area contributed by atoms with Crippen LogP contribution in [0.3, 0.4) is 0 Å². The van der Waals surface area contributed by atoms with Gasteiger partial charge in [-0.15, -0.1) is 0 Å². The van der Waals surface area contributed by atoms with Gasteiger partial charge >= 0.3 is 0 Å². The first-order valence-electron chi connectivity index (χ1n) is 27.8. The second-order valence-electron chi connectivity index (χ2n) is 19.8. The van der Waals surface area contributed by atoms with Gasteiger partial charge in [0, 0.05) is 29.7 Å². The monoisotopic (exact) mass is 856 g/mol. The molecule has 6 aromatic carbocycles. The van der Waals surface area contributed by atoms with Gasteiger partial charge in [0.2, 0.25) is 0 Å². The van der Waals surface area contributed by atoms with E-state index in [0.717, 1.165) is 27.9 Å². The Balaban J connectivity index is 1.49. The summed E-state index contributed by atoms with van der Waals surface area (Å²) >= 11 is 0. The minimum atomic E-state index is -2.98. The minimum Gasteiger partial charge on any atom is -0.507 e. The molecule has 0 aliphatic rings. The number of aromatic nitrogens is 3. The van der Waals surface area contributed by atoms with Gasteiger partial charge in [-0.3, -0.25) is 9.55 Å². The van der Waals surface area contributed by atoms with Crippen molar-refractivity contribution in [3.8, 4) is 67.5 Å². The second kappa shape index (κ2) is 16.7. The summed E-state index contributed by atoms with van der Waals surface area (Å²) in [7, 11) is 0. The van der Waals surface area contributed by atoms with E-state index in [2.05, 4.69) is 69.9 Å². The van der Waals surface area contributed by atoms with Crippen molar-refractivity contribution in [3.63, 3.8) is 0 Å². The Kier molecular flexibility index (Phi) is 8.24. The molecule has 0 atom stereocenters. The van der Waals surface area contributed by atoms with Gasteiger partial charge in [-0.1, -0.05) is 173 Å². The molecule has 4 heteroatoms. The maximum atomic E-state index is 12.5. The highest BCUT2D eigenvalue weighted by Crippen LogP contribution is 2.47. The molecule has 0 aliphatic heterocycles. The van der Waals surface area contributed by atoms with Crippen molar-refractivity contribution in [2.45, 2.75) is 113 Å².